The van der Waals surface area contributed by atoms with Crippen LogP contribution in [0.5, 0.6) is 0 Å². The molecule has 6 heteroatoms. The van der Waals surface area contributed by atoms with Crippen molar-refractivity contribution in [3.05, 3.63) is 47.3 Å². The molecule has 1 aromatic heterocycles. The monoisotopic (exact) mass is 370 g/mol. The second-order valence-corrected chi connectivity index (χ2v) is 7.58. The average Bonchev–Trinajstić information content (AvgIpc) is 3.27. The number of rotatable bonds is 7. The lowest BCUT2D eigenvalue weighted by Crippen LogP contribution is -2.41. The smallest absolute Gasteiger partial charge is 0.254 e. The van der Waals surface area contributed by atoms with E-state index in [1.54, 1.807) is 0 Å². The predicted molar refractivity (Wildman–Crippen MR) is 106 cm³/mol. The number of aryl methyl sites for hydroxylation is 2. The van der Waals surface area contributed by atoms with Crippen LogP contribution in [0, 0.1) is 13.8 Å². The molecule has 0 radical (unpaired) electrons. The Kier molecular flexibility index (Phi) is 6.29. The zero-order valence-electron chi connectivity index (χ0n) is 16.8. The first-order chi connectivity index (χ1) is 12.9. The SMILES string of the molecule is Cc1cc(C)n(-c2cccc(C(=O)N(CCN(C)C)C[C@@H]3CCCO3)c2)n1. The lowest BCUT2D eigenvalue weighted by Gasteiger charge is -2.27. The molecule has 0 N–H and O–H groups in total. The van der Waals surface area contributed by atoms with E-state index in [1.165, 1.54) is 0 Å². The molecule has 1 atom stereocenters. The van der Waals surface area contributed by atoms with Gasteiger partial charge in [-0.2, -0.15) is 5.10 Å². The fraction of sp³-hybridized carbons (Fsp3) is 0.524. The van der Waals surface area contributed by atoms with Crippen LogP contribution in [-0.4, -0.2) is 71.9 Å². The van der Waals surface area contributed by atoms with Crippen LogP contribution in [0.25, 0.3) is 5.69 Å². The number of hydrogen-bond acceptors (Lipinski definition) is 4. The number of carbonyl (C=O) groups is 1. The summed E-state index contributed by atoms with van der Waals surface area (Å²) in [6.07, 6.45) is 2.25. The van der Waals surface area contributed by atoms with Crippen LogP contribution in [0.3, 0.4) is 0 Å². The molecule has 0 spiro atoms. The lowest BCUT2D eigenvalue weighted by atomic mass is 10.1. The molecule has 3 rings (SSSR count). The van der Waals surface area contributed by atoms with Crippen molar-refractivity contribution < 1.29 is 9.53 Å². The Labute approximate surface area is 161 Å². The number of amides is 1. The van der Waals surface area contributed by atoms with Gasteiger partial charge in [-0.25, -0.2) is 4.68 Å². The summed E-state index contributed by atoms with van der Waals surface area (Å²) in [5.41, 5.74) is 3.63. The Morgan fingerprint density at radius 3 is 2.70 bits per heavy atom. The maximum atomic E-state index is 13.2. The van der Waals surface area contributed by atoms with Crippen molar-refractivity contribution in [3.63, 3.8) is 0 Å². The highest BCUT2D eigenvalue weighted by Gasteiger charge is 2.23. The normalized spacial score (nSPS) is 16.9. The van der Waals surface area contributed by atoms with Gasteiger partial charge in [0.05, 0.1) is 17.5 Å². The molecular formula is C21H30N4O2. The van der Waals surface area contributed by atoms with E-state index in [-0.39, 0.29) is 12.0 Å². The number of benzene rings is 1. The predicted octanol–water partition coefficient (Wildman–Crippen LogP) is 2.67. The van der Waals surface area contributed by atoms with Gasteiger partial charge in [0.15, 0.2) is 0 Å². The molecule has 1 aliphatic rings. The Morgan fingerprint density at radius 2 is 2.07 bits per heavy atom. The van der Waals surface area contributed by atoms with Crippen molar-refractivity contribution >= 4 is 5.91 Å². The third kappa shape index (κ3) is 4.96. The molecule has 2 heterocycles. The minimum Gasteiger partial charge on any atom is -0.376 e. The Balaban J connectivity index is 1.81. The van der Waals surface area contributed by atoms with Crippen molar-refractivity contribution in [1.29, 1.82) is 0 Å². The van der Waals surface area contributed by atoms with Crippen LogP contribution < -0.4 is 0 Å². The second kappa shape index (κ2) is 8.67. The van der Waals surface area contributed by atoms with E-state index in [1.807, 2.05) is 67.9 Å². The standard InChI is InChI=1S/C21H30N4O2/c1-16-13-17(2)25(22-16)19-8-5-7-18(14-19)21(26)24(11-10-23(3)4)15-20-9-6-12-27-20/h5,7-8,13-14,20H,6,9-12,15H2,1-4H3/t20-/m0/s1. The molecule has 1 aromatic carbocycles. The van der Waals surface area contributed by atoms with Gasteiger partial charge in [-0.05, 0) is 65.0 Å². The number of likely N-dealkylation sites (N-methyl/N-ethyl adjacent to an activating group) is 1. The summed E-state index contributed by atoms with van der Waals surface area (Å²) in [4.78, 5) is 17.3. The molecule has 27 heavy (non-hydrogen) atoms. The first-order valence-electron chi connectivity index (χ1n) is 9.63. The van der Waals surface area contributed by atoms with Gasteiger partial charge in [-0.3, -0.25) is 4.79 Å². The van der Waals surface area contributed by atoms with Crippen molar-refractivity contribution in [2.75, 3.05) is 40.3 Å². The molecule has 1 fully saturated rings. The first kappa shape index (κ1) is 19.6. The summed E-state index contributed by atoms with van der Waals surface area (Å²) >= 11 is 0. The Morgan fingerprint density at radius 1 is 1.26 bits per heavy atom. The minimum absolute atomic E-state index is 0.0516. The maximum absolute atomic E-state index is 13.2. The Hall–Kier alpha value is -2.18. The molecule has 146 valence electrons. The van der Waals surface area contributed by atoms with E-state index in [9.17, 15) is 4.79 Å². The van der Waals surface area contributed by atoms with Crippen LogP contribution in [-0.2, 0) is 4.74 Å². The van der Waals surface area contributed by atoms with Gasteiger partial charge in [0.1, 0.15) is 0 Å². The zero-order chi connectivity index (χ0) is 19.4. The van der Waals surface area contributed by atoms with Crippen LogP contribution >= 0.6 is 0 Å². The van der Waals surface area contributed by atoms with E-state index < -0.39 is 0 Å². The van der Waals surface area contributed by atoms with Crippen LogP contribution in [0.15, 0.2) is 30.3 Å². The highest BCUT2D eigenvalue weighted by molar-refractivity contribution is 5.94. The second-order valence-electron chi connectivity index (χ2n) is 7.58. The zero-order valence-corrected chi connectivity index (χ0v) is 16.8. The minimum atomic E-state index is 0.0516. The Bertz CT molecular complexity index is 778. The topological polar surface area (TPSA) is 50.6 Å². The van der Waals surface area contributed by atoms with E-state index in [0.717, 1.165) is 43.1 Å². The van der Waals surface area contributed by atoms with Crippen molar-refractivity contribution in [3.8, 4) is 5.69 Å². The maximum Gasteiger partial charge on any atom is 0.254 e. The van der Waals surface area contributed by atoms with Crippen molar-refractivity contribution in [2.45, 2.75) is 32.8 Å². The number of carbonyl (C=O) groups excluding carboxylic acids is 1. The third-order valence-electron chi connectivity index (χ3n) is 4.90. The third-order valence-corrected chi connectivity index (χ3v) is 4.90. The molecule has 1 saturated heterocycles. The molecule has 2 aromatic rings. The molecule has 1 amide bonds. The largest absolute Gasteiger partial charge is 0.376 e. The molecule has 0 aliphatic carbocycles. The highest BCUT2D eigenvalue weighted by atomic mass is 16.5. The summed E-state index contributed by atoms with van der Waals surface area (Å²) < 4.78 is 7.65. The summed E-state index contributed by atoms with van der Waals surface area (Å²) in [7, 11) is 4.05. The summed E-state index contributed by atoms with van der Waals surface area (Å²) in [6, 6.07) is 9.76. The quantitative estimate of drug-likeness (QED) is 0.752. The summed E-state index contributed by atoms with van der Waals surface area (Å²) in [6.45, 7) is 6.97. The van der Waals surface area contributed by atoms with Crippen LogP contribution in [0.4, 0.5) is 0 Å². The van der Waals surface area contributed by atoms with E-state index in [0.29, 0.717) is 18.7 Å². The molecule has 6 nitrogen and oxygen atoms in total. The first-order valence-corrected chi connectivity index (χ1v) is 9.63. The summed E-state index contributed by atoms with van der Waals surface area (Å²) in [5.74, 6) is 0.0516. The summed E-state index contributed by atoms with van der Waals surface area (Å²) in [5, 5.41) is 4.53. The van der Waals surface area contributed by atoms with E-state index in [2.05, 4.69) is 10.00 Å². The van der Waals surface area contributed by atoms with Gasteiger partial charge in [-0.15, -0.1) is 0 Å². The number of aromatic nitrogens is 2. The molecule has 0 saturated carbocycles. The fourth-order valence-corrected chi connectivity index (χ4v) is 3.47. The number of hydrogen-bond donors (Lipinski definition) is 0. The van der Waals surface area contributed by atoms with E-state index >= 15 is 0 Å². The number of ether oxygens (including phenoxy) is 1. The van der Waals surface area contributed by atoms with Crippen molar-refractivity contribution in [1.82, 2.24) is 19.6 Å². The van der Waals surface area contributed by atoms with E-state index in [4.69, 9.17) is 4.74 Å². The van der Waals surface area contributed by atoms with Gasteiger partial charge in [0.25, 0.3) is 5.91 Å². The van der Waals surface area contributed by atoms with Gasteiger partial charge in [0, 0.05) is 37.5 Å². The van der Waals surface area contributed by atoms with Crippen molar-refractivity contribution in [2.24, 2.45) is 0 Å². The number of nitrogens with zero attached hydrogens (tertiary/aromatic N) is 4. The molecule has 1 aliphatic heterocycles. The van der Waals surface area contributed by atoms with Gasteiger partial charge < -0.3 is 14.5 Å². The fourth-order valence-electron chi connectivity index (χ4n) is 3.47. The molecular weight excluding hydrogens is 340 g/mol. The lowest BCUT2D eigenvalue weighted by molar-refractivity contribution is 0.0512. The van der Waals surface area contributed by atoms with Gasteiger partial charge in [-0.1, -0.05) is 6.07 Å². The average molecular weight is 370 g/mol. The highest BCUT2D eigenvalue weighted by Crippen LogP contribution is 2.18. The van der Waals surface area contributed by atoms with Crippen LogP contribution in [0.1, 0.15) is 34.6 Å². The van der Waals surface area contributed by atoms with Crippen LogP contribution in [0.2, 0.25) is 0 Å². The molecule has 0 unspecified atom stereocenters. The molecule has 0 bridgehead atoms. The van der Waals surface area contributed by atoms with Gasteiger partial charge in [0.2, 0.25) is 0 Å². The van der Waals surface area contributed by atoms with Gasteiger partial charge >= 0.3 is 0 Å².